The Morgan fingerprint density at radius 3 is 2.41 bits per heavy atom. The molecule has 0 amide bonds. The van der Waals surface area contributed by atoms with Gasteiger partial charge in [-0.2, -0.15) is 4.98 Å². The van der Waals surface area contributed by atoms with E-state index in [2.05, 4.69) is 20.6 Å². The summed E-state index contributed by atoms with van der Waals surface area (Å²) in [5.41, 5.74) is 4.77. The predicted octanol–water partition coefficient (Wildman–Crippen LogP) is 5.59. The summed E-state index contributed by atoms with van der Waals surface area (Å²) in [6.45, 7) is 8.12. The molecule has 0 aliphatic rings. The Hall–Kier alpha value is -2.63. The highest BCUT2D eigenvalue weighted by Crippen LogP contribution is 2.31. The third kappa shape index (κ3) is 5.05. The van der Waals surface area contributed by atoms with Crippen LogP contribution in [0.4, 0.5) is 17.5 Å². The van der Waals surface area contributed by atoms with Crippen molar-refractivity contribution >= 4 is 29.1 Å². The normalized spacial score (nSPS) is 12.1. The molecule has 0 saturated heterocycles. The van der Waals surface area contributed by atoms with Crippen LogP contribution in [-0.4, -0.2) is 27.7 Å². The summed E-state index contributed by atoms with van der Waals surface area (Å²) in [6.07, 6.45) is 0. The van der Waals surface area contributed by atoms with Gasteiger partial charge in [0, 0.05) is 22.3 Å². The van der Waals surface area contributed by atoms with Crippen molar-refractivity contribution in [2.45, 2.75) is 33.7 Å². The van der Waals surface area contributed by atoms with Crippen LogP contribution in [0.25, 0.3) is 11.3 Å². The molecule has 0 fully saturated rings. The highest BCUT2D eigenvalue weighted by Gasteiger charge is 2.16. The number of aromatic nitrogens is 2. The quantitative estimate of drug-likeness (QED) is 0.473. The number of hydrogen-bond acceptors (Lipinski definition) is 5. The number of benzene rings is 2. The van der Waals surface area contributed by atoms with E-state index < -0.39 is 0 Å². The zero-order valence-corrected chi connectivity index (χ0v) is 18.0. The summed E-state index contributed by atoms with van der Waals surface area (Å²) >= 11 is 6.32. The molecule has 0 saturated carbocycles. The fraction of sp³-hybridized carbons (Fsp3) is 0.304. The van der Waals surface area contributed by atoms with E-state index in [1.807, 2.05) is 76.2 Å². The summed E-state index contributed by atoms with van der Waals surface area (Å²) in [5.74, 6) is 1.37. The van der Waals surface area contributed by atoms with Gasteiger partial charge < -0.3 is 15.7 Å². The van der Waals surface area contributed by atoms with Crippen molar-refractivity contribution in [3.05, 3.63) is 64.7 Å². The van der Waals surface area contributed by atoms with E-state index in [0.29, 0.717) is 16.8 Å². The monoisotopic (exact) mass is 410 g/mol. The van der Waals surface area contributed by atoms with E-state index in [9.17, 15) is 5.11 Å². The Labute approximate surface area is 177 Å². The highest BCUT2D eigenvalue weighted by molar-refractivity contribution is 6.31. The molecule has 3 N–H and O–H groups in total. The number of rotatable bonds is 7. The molecule has 1 heterocycles. The average Bonchev–Trinajstić information content (AvgIpc) is 2.72. The van der Waals surface area contributed by atoms with Gasteiger partial charge in [0.05, 0.1) is 18.3 Å². The Balaban J connectivity index is 2.04. The van der Waals surface area contributed by atoms with Crippen molar-refractivity contribution < 1.29 is 5.11 Å². The lowest BCUT2D eigenvalue weighted by atomic mass is 10.1. The molecule has 0 radical (unpaired) electrons. The Morgan fingerprint density at radius 1 is 1.03 bits per heavy atom. The first-order valence-corrected chi connectivity index (χ1v) is 10.1. The second kappa shape index (κ2) is 9.25. The van der Waals surface area contributed by atoms with E-state index in [1.165, 1.54) is 0 Å². The Bertz CT molecular complexity index is 976. The lowest BCUT2D eigenvalue weighted by Crippen LogP contribution is -2.30. The molecule has 0 spiro atoms. The lowest BCUT2D eigenvalue weighted by molar-refractivity contribution is 0.248. The molecule has 0 aliphatic carbocycles. The topological polar surface area (TPSA) is 70.1 Å². The third-order valence-corrected chi connectivity index (χ3v) is 5.38. The number of hydrogen-bond donors (Lipinski definition) is 3. The van der Waals surface area contributed by atoms with Crippen molar-refractivity contribution in [1.29, 1.82) is 0 Å². The maximum atomic E-state index is 9.70. The smallest absolute Gasteiger partial charge is 0.225 e. The first-order chi connectivity index (χ1) is 13.9. The molecule has 1 atom stereocenters. The van der Waals surface area contributed by atoms with Crippen LogP contribution in [0.1, 0.15) is 25.0 Å². The van der Waals surface area contributed by atoms with Gasteiger partial charge in [-0.05, 0) is 37.0 Å². The molecular formula is C23H27ClN4O. The van der Waals surface area contributed by atoms with Crippen LogP contribution in [0.3, 0.4) is 0 Å². The molecule has 2 aromatic carbocycles. The van der Waals surface area contributed by atoms with Crippen LogP contribution >= 0.6 is 11.6 Å². The lowest BCUT2D eigenvalue weighted by Gasteiger charge is -2.21. The molecule has 152 valence electrons. The number of halogens is 1. The standard InChI is InChI=1S/C23H27ClN4O/c1-14(2)20(13-29)26-23-25-19(17-8-6-5-7-9-17)12-21(28-23)27-22-15(3)10-11-18(24)16(22)4/h5-12,14,20,29H,13H2,1-4H3,(H2,25,26,27,28)/t20-/m0/s1. The molecule has 3 aromatic rings. The summed E-state index contributed by atoms with van der Waals surface area (Å²) < 4.78 is 0. The minimum absolute atomic E-state index is 0.00582. The SMILES string of the molecule is Cc1ccc(Cl)c(C)c1Nc1cc(-c2ccccc2)nc(N[C@@H](CO)C(C)C)n1. The average molecular weight is 411 g/mol. The van der Waals surface area contributed by atoms with Crippen LogP contribution in [0, 0.1) is 19.8 Å². The van der Waals surface area contributed by atoms with E-state index in [4.69, 9.17) is 11.6 Å². The van der Waals surface area contributed by atoms with Crippen LogP contribution < -0.4 is 10.6 Å². The molecule has 29 heavy (non-hydrogen) atoms. The molecule has 0 aliphatic heterocycles. The van der Waals surface area contributed by atoms with E-state index in [0.717, 1.165) is 28.1 Å². The molecule has 1 aromatic heterocycles. The number of nitrogens with one attached hydrogen (secondary N) is 2. The number of aryl methyl sites for hydroxylation is 1. The predicted molar refractivity (Wildman–Crippen MR) is 121 cm³/mol. The van der Waals surface area contributed by atoms with Crippen molar-refractivity contribution in [3.63, 3.8) is 0 Å². The highest BCUT2D eigenvalue weighted by atomic mass is 35.5. The number of aliphatic hydroxyl groups is 1. The molecule has 0 unspecified atom stereocenters. The maximum absolute atomic E-state index is 9.70. The molecule has 0 bridgehead atoms. The summed E-state index contributed by atoms with van der Waals surface area (Å²) in [4.78, 5) is 9.33. The molecule has 3 rings (SSSR count). The fourth-order valence-electron chi connectivity index (χ4n) is 3.06. The summed E-state index contributed by atoms with van der Waals surface area (Å²) in [6, 6.07) is 15.6. The first kappa shape index (κ1) is 21.1. The number of nitrogens with zero attached hydrogens (tertiary/aromatic N) is 2. The summed E-state index contributed by atoms with van der Waals surface area (Å²) in [7, 11) is 0. The van der Waals surface area contributed by atoms with Crippen molar-refractivity contribution in [3.8, 4) is 11.3 Å². The van der Waals surface area contributed by atoms with Crippen molar-refractivity contribution in [2.24, 2.45) is 5.92 Å². The van der Waals surface area contributed by atoms with Crippen molar-refractivity contribution in [1.82, 2.24) is 9.97 Å². The molecule has 6 heteroatoms. The van der Waals surface area contributed by atoms with Gasteiger partial charge in [0.15, 0.2) is 0 Å². The van der Waals surface area contributed by atoms with E-state index in [1.54, 1.807) is 0 Å². The minimum Gasteiger partial charge on any atom is -0.394 e. The van der Waals surface area contributed by atoms with Gasteiger partial charge in [-0.25, -0.2) is 4.98 Å². The van der Waals surface area contributed by atoms with Crippen molar-refractivity contribution in [2.75, 3.05) is 17.2 Å². The van der Waals surface area contributed by atoms with Gasteiger partial charge in [0.1, 0.15) is 5.82 Å². The molecular weight excluding hydrogens is 384 g/mol. The third-order valence-electron chi connectivity index (χ3n) is 4.97. The van der Waals surface area contributed by atoms with Gasteiger partial charge in [0.2, 0.25) is 5.95 Å². The van der Waals surface area contributed by atoms with Gasteiger partial charge in [-0.15, -0.1) is 0 Å². The van der Waals surface area contributed by atoms with Crippen LogP contribution in [0.5, 0.6) is 0 Å². The fourth-order valence-corrected chi connectivity index (χ4v) is 3.22. The second-order valence-electron chi connectivity index (χ2n) is 7.49. The van der Waals surface area contributed by atoms with E-state index >= 15 is 0 Å². The van der Waals surface area contributed by atoms with Crippen LogP contribution in [0.2, 0.25) is 5.02 Å². The van der Waals surface area contributed by atoms with E-state index in [-0.39, 0.29) is 18.6 Å². The zero-order chi connectivity index (χ0) is 21.0. The number of aliphatic hydroxyl groups excluding tert-OH is 1. The minimum atomic E-state index is -0.136. The Kier molecular flexibility index (Phi) is 6.72. The largest absolute Gasteiger partial charge is 0.394 e. The molecule has 5 nitrogen and oxygen atoms in total. The van der Waals surface area contributed by atoms with Gasteiger partial charge in [0.25, 0.3) is 0 Å². The van der Waals surface area contributed by atoms with Crippen LogP contribution in [-0.2, 0) is 0 Å². The maximum Gasteiger partial charge on any atom is 0.225 e. The van der Waals surface area contributed by atoms with Crippen LogP contribution in [0.15, 0.2) is 48.5 Å². The first-order valence-electron chi connectivity index (χ1n) is 9.73. The summed E-state index contributed by atoms with van der Waals surface area (Å²) in [5, 5.41) is 17.1. The van der Waals surface area contributed by atoms with Gasteiger partial charge in [-0.1, -0.05) is 61.8 Å². The van der Waals surface area contributed by atoms with Gasteiger partial charge >= 0.3 is 0 Å². The Morgan fingerprint density at radius 2 is 1.76 bits per heavy atom. The number of anilines is 3. The second-order valence-corrected chi connectivity index (χ2v) is 7.90. The van der Waals surface area contributed by atoms with Gasteiger partial charge in [-0.3, -0.25) is 0 Å². The zero-order valence-electron chi connectivity index (χ0n) is 17.2.